The van der Waals surface area contributed by atoms with Gasteiger partial charge in [0.15, 0.2) is 0 Å². The second kappa shape index (κ2) is 21.6. The molecule has 0 saturated heterocycles. The zero-order valence-corrected chi connectivity index (χ0v) is 24.6. The van der Waals surface area contributed by atoms with Crippen molar-refractivity contribution in [2.24, 2.45) is 0 Å². The predicted octanol–water partition coefficient (Wildman–Crippen LogP) is 5.71. The second-order valence-corrected chi connectivity index (χ2v) is 8.10. The molecule has 2 N–H and O–H groups in total. The molecule has 0 bridgehead atoms. The summed E-state index contributed by atoms with van der Waals surface area (Å²) in [6.45, 7) is 15.3. The lowest BCUT2D eigenvalue weighted by Gasteiger charge is -2.11. The summed E-state index contributed by atoms with van der Waals surface area (Å²) in [7, 11) is 7.24. The average Bonchev–Trinajstić information content (AvgIpc) is 3.17. The lowest BCUT2D eigenvalue weighted by Crippen LogP contribution is -2.21. The van der Waals surface area contributed by atoms with E-state index in [1.807, 2.05) is 54.8 Å². The number of aromatic amines is 1. The molecule has 1 rings (SSSR count). The van der Waals surface area contributed by atoms with Crippen LogP contribution < -0.4 is 5.32 Å². The highest BCUT2D eigenvalue weighted by molar-refractivity contribution is 6.02. The molecule has 0 saturated carbocycles. The smallest absolute Gasteiger partial charge is 0.340 e. The fraction of sp³-hybridized carbons (Fsp3) is 0.586. The van der Waals surface area contributed by atoms with Crippen molar-refractivity contribution in [1.82, 2.24) is 15.2 Å². The van der Waals surface area contributed by atoms with Gasteiger partial charge in [0, 0.05) is 31.1 Å². The van der Waals surface area contributed by atoms with Crippen LogP contribution in [0.3, 0.4) is 0 Å². The van der Waals surface area contributed by atoms with Crippen LogP contribution in [0.5, 0.6) is 0 Å². The summed E-state index contributed by atoms with van der Waals surface area (Å²) in [5.41, 5.74) is 4.26. The number of likely N-dealkylation sites (N-methyl/N-ethyl adjacent to an activating group) is 1. The Morgan fingerprint density at radius 1 is 1.17 bits per heavy atom. The van der Waals surface area contributed by atoms with Crippen molar-refractivity contribution in [3.63, 3.8) is 0 Å². The van der Waals surface area contributed by atoms with Gasteiger partial charge in [0.1, 0.15) is 0 Å². The number of carbonyl (C=O) groups is 2. The number of esters is 1. The van der Waals surface area contributed by atoms with Crippen molar-refractivity contribution >= 4 is 18.0 Å². The number of methoxy groups -OCH3 is 1. The molecule has 0 unspecified atom stereocenters. The van der Waals surface area contributed by atoms with E-state index in [4.69, 9.17) is 9.47 Å². The van der Waals surface area contributed by atoms with E-state index in [2.05, 4.69) is 34.3 Å². The molecule has 0 aliphatic carbocycles. The van der Waals surface area contributed by atoms with Crippen molar-refractivity contribution in [3.05, 3.63) is 51.9 Å². The average molecular weight is 506 g/mol. The minimum absolute atomic E-state index is 0.195. The first-order chi connectivity index (χ1) is 17.2. The number of ether oxygens (including phenoxy) is 2. The maximum absolute atomic E-state index is 12.6. The van der Waals surface area contributed by atoms with Gasteiger partial charge in [0.2, 0.25) is 0 Å². The first kappa shape index (κ1) is 35.5. The molecule has 7 heteroatoms. The van der Waals surface area contributed by atoms with Crippen molar-refractivity contribution in [2.75, 3.05) is 48.0 Å². The number of rotatable bonds is 12. The van der Waals surface area contributed by atoms with Gasteiger partial charge in [0.05, 0.1) is 18.8 Å². The molecular weight excluding hydrogens is 454 g/mol. The molecular formula is C29H51N3O4. The zero-order chi connectivity index (χ0) is 28.1. The topological polar surface area (TPSA) is 83.7 Å². The van der Waals surface area contributed by atoms with Crippen molar-refractivity contribution in [2.45, 2.75) is 67.7 Å². The van der Waals surface area contributed by atoms with E-state index in [1.165, 1.54) is 0 Å². The molecule has 0 aliphatic heterocycles. The van der Waals surface area contributed by atoms with E-state index in [-0.39, 0.29) is 11.9 Å². The van der Waals surface area contributed by atoms with Gasteiger partial charge in [-0.1, -0.05) is 39.0 Å². The van der Waals surface area contributed by atoms with Crippen molar-refractivity contribution < 1.29 is 19.1 Å². The Kier molecular flexibility index (Phi) is 21.3. The summed E-state index contributed by atoms with van der Waals surface area (Å²) >= 11 is 0. The number of aromatic nitrogens is 1. The molecule has 36 heavy (non-hydrogen) atoms. The van der Waals surface area contributed by atoms with E-state index in [9.17, 15) is 9.59 Å². The number of nitrogens with zero attached hydrogens (tertiary/aromatic N) is 1. The van der Waals surface area contributed by atoms with Gasteiger partial charge in [-0.05, 0) is 84.8 Å². The molecule has 0 aliphatic rings. The number of nitrogens with one attached hydrogen (secondary N) is 2. The first-order valence-electron chi connectivity index (χ1n) is 12.9. The lowest BCUT2D eigenvalue weighted by molar-refractivity contribution is -0.116. The van der Waals surface area contributed by atoms with Crippen LogP contribution in [0.2, 0.25) is 0 Å². The molecule has 1 amide bonds. The fourth-order valence-electron chi connectivity index (χ4n) is 3.33. The second-order valence-electron chi connectivity index (χ2n) is 8.10. The number of aryl methyl sites for hydroxylation is 1. The van der Waals surface area contributed by atoms with Crippen molar-refractivity contribution in [3.8, 4) is 0 Å². The number of hydrogen-bond acceptors (Lipinski definition) is 5. The third-order valence-electron chi connectivity index (χ3n) is 5.05. The molecule has 0 aromatic carbocycles. The van der Waals surface area contributed by atoms with E-state index < -0.39 is 0 Å². The summed E-state index contributed by atoms with van der Waals surface area (Å²) < 4.78 is 10.4. The van der Waals surface area contributed by atoms with Crippen LogP contribution in [0, 0.1) is 6.92 Å². The number of hydrogen-bond donors (Lipinski definition) is 2. The summed E-state index contributed by atoms with van der Waals surface area (Å²) in [6, 6.07) is 0. The molecule has 1 aromatic heterocycles. The first-order valence-corrected chi connectivity index (χ1v) is 12.9. The van der Waals surface area contributed by atoms with E-state index in [0.717, 1.165) is 41.9 Å². The van der Waals surface area contributed by atoms with Gasteiger partial charge in [0.25, 0.3) is 5.91 Å². The maximum atomic E-state index is 12.6. The summed E-state index contributed by atoms with van der Waals surface area (Å²) in [6.07, 6.45) is 10.6. The van der Waals surface area contributed by atoms with Crippen LogP contribution in [0.25, 0.3) is 6.08 Å². The Morgan fingerprint density at radius 3 is 2.25 bits per heavy atom. The molecule has 7 nitrogen and oxygen atoms in total. The summed E-state index contributed by atoms with van der Waals surface area (Å²) in [4.78, 5) is 30.4. The molecule has 0 fully saturated rings. The molecule has 0 atom stereocenters. The largest absolute Gasteiger partial charge is 0.462 e. The highest BCUT2D eigenvalue weighted by Crippen LogP contribution is 2.25. The van der Waals surface area contributed by atoms with Gasteiger partial charge in [-0.3, -0.25) is 4.79 Å². The molecule has 206 valence electrons. The Balaban J connectivity index is 0. The third kappa shape index (κ3) is 13.4. The molecule has 1 heterocycles. The minimum atomic E-state index is -0.339. The lowest BCUT2D eigenvalue weighted by atomic mass is 9.99. The Hall–Kier alpha value is -2.64. The fourth-order valence-corrected chi connectivity index (χ4v) is 3.33. The van der Waals surface area contributed by atoms with Crippen LogP contribution in [0.15, 0.2) is 29.4 Å². The minimum Gasteiger partial charge on any atom is -0.462 e. The van der Waals surface area contributed by atoms with Crippen LogP contribution in [0.4, 0.5) is 0 Å². The van der Waals surface area contributed by atoms with Gasteiger partial charge in [-0.15, -0.1) is 0 Å². The molecule has 0 spiro atoms. The van der Waals surface area contributed by atoms with Gasteiger partial charge < -0.3 is 24.7 Å². The highest BCUT2D eigenvalue weighted by Gasteiger charge is 2.22. The van der Waals surface area contributed by atoms with Crippen LogP contribution in [-0.2, 0) is 20.7 Å². The van der Waals surface area contributed by atoms with E-state index in [0.29, 0.717) is 30.8 Å². The van der Waals surface area contributed by atoms with Crippen LogP contribution in [0.1, 0.15) is 81.7 Å². The van der Waals surface area contributed by atoms with Gasteiger partial charge >= 0.3 is 5.97 Å². The standard InChI is InChI=1S/C22H35N3O4.C5H10.C2H6/c1-8-29-22(27)20-16(3)24-19(17(20)10-9-12-25(5)6)14-18(21(26)23-4)15(2)11-13-28-7;1-3-5-4-2;1-2/h11,14,24H,8-10,12-13H2,1-7H3,(H,23,26);3,5H,4H2,1-2H3;1-2H3/b15-11+,18-14-;5-3-;. The zero-order valence-electron chi connectivity index (χ0n) is 24.6. The van der Waals surface area contributed by atoms with Crippen LogP contribution in [-0.4, -0.2) is 69.8 Å². The number of carbonyl (C=O) groups excluding carboxylic acids is 2. The number of amides is 1. The van der Waals surface area contributed by atoms with Gasteiger partial charge in [-0.2, -0.15) is 0 Å². The Morgan fingerprint density at radius 2 is 1.81 bits per heavy atom. The Bertz CT molecular complexity index is 849. The predicted molar refractivity (Wildman–Crippen MR) is 152 cm³/mol. The third-order valence-corrected chi connectivity index (χ3v) is 5.05. The number of allylic oxidation sites excluding steroid dienone is 2. The summed E-state index contributed by atoms with van der Waals surface area (Å²) in [5, 5.41) is 2.68. The van der Waals surface area contributed by atoms with Crippen molar-refractivity contribution in [1.29, 1.82) is 0 Å². The van der Waals surface area contributed by atoms with E-state index in [1.54, 1.807) is 27.2 Å². The molecule has 1 aromatic rings. The van der Waals surface area contributed by atoms with Gasteiger partial charge in [-0.25, -0.2) is 4.79 Å². The number of H-pyrrole nitrogens is 1. The normalized spacial score (nSPS) is 11.6. The highest BCUT2D eigenvalue weighted by atomic mass is 16.5. The molecule has 0 radical (unpaired) electrons. The maximum Gasteiger partial charge on any atom is 0.340 e. The summed E-state index contributed by atoms with van der Waals surface area (Å²) in [5.74, 6) is -0.534. The van der Waals surface area contributed by atoms with E-state index >= 15 is 0 Å². The SMILES string of the molecule is C/C=C\CC.CC.CCOC(=O)c1c(C)[nH]c(/C=C(C(=O)NC)/C(C)=C/COC)c1CCCN(C)C. The monoisotopic (exact) mass is 505 g/mol. The Labute approximate surface area is 220 Å². The van der Waals surface area contributed by atoms with Crippen LogP contribution >= 0.6 is 0 Å². The quantitative estimate of drug-likeness (QED) is 0.164.